The lowest BCUT2D eigenvalue weighted by atomic mass is 9.95. The van der Waals surface area contributed by atoms with Gasteiger partial charge >= 0.3 is 0 Å². The molecule has 2 aromatic heterocycles. The molecule has 1 aliphatic rings. The number of nitrogens with zero attached hydrogens (tertiary/aromatic N) is 3. The maximum atomic E-state index is 13.1. The van der Waals surface area contributed by atoms with Crippen LogP contribution in [0.25, 0.3) is 0 Å². The molecule has 2 amide bonds. The van der Waals surface area contributed by atoms with Crippen molar-refractivity contribution >= 4 is 34.9 Å². The lowest BCUT2D eigenvalue weighted by molar-refractivity contribution is 0.102. The van der Waals surface area contributed by atoms with E-state index in [-0.39, 0.29) is 17.9 Å². The summed E-state index contributed by atoms with van der Waals surface area (Å²) in [4.78, 5) is 29.9. The van der Waals surface area contributed by atoms with E-state index < -0.39 is 0 Å². The van der Waals surface area contributed by atoms with Crippen LogP contribution >= 0.6 is 11.6 Å². The molecule has 0 saturated heterocycles. The number of halogens is 1. The highest BCUT2D eigenvalue weighted by molar-refractivity contribution is 6.29. The summed E-state index contributed by atoms with van der Waals surface area (Å²) in [5.41, 5.74) is 1.24. The summed E-state index contributed by atoms with van der Waals surface area (Å²) < 4.78 is 6.92. The number of aromatic nitrogens is 3. The van der Waals surface area contributed by atoms with Gasteiger partial charge in [0, 0.05) is 11.9 Å². The van der Waals surface area contributed by atoms with Crippen molar-refractivity contribution in [2.75, 3.05) is 17.7 Å². The van der Waals surface area contributed by atoms with Crippen molar-refractivity contribution in [2.24, 2.45) is 0 Å². The minimum atomic E-state index is -0.384. The first-order chi connectivity index (χ1) is 15.5. The average molecular weight is 454 g/mol. The van der Waals surface area contributed by atoms with Crippen LogP contribution < -0.4 is 15.4 Å². The second-order valence-electron chi connectivity index (χ2n) is 7.65. The molecule has 3 aromatic rings. The van der Waals surface area contributed by atoms with E-state index in [0.717, 1.165) is 25.7 Å². The highest BCUT2D eigenvalue weighted by Crippen LogP contribution is 2.32. The van der Waals surface area contributed by atoms with Gasteiger partial charge in [-0.15, -0.1) is 0 Å². The van der Waals surface area contributed by atoms with Gasteiger partial charge in [-0.2, -0.15) is 5.10 Å². The van der Waals surface area contributed by atoms with Gasteiger partial charge in [-0.1, -0.05) is 30.9 Å². The molecule has 0 radical (unpaired) electrons. The molecule has 0 bridgehead atoms. The quantitative estimate of drug-likeness (QED) is 0.514. The van der Waals surface area contributed by atoms with E-state index in [2.05, 4.69) is 20.7 Å². The number of amides is 2. The average Bonchev–Trinajstić information content (AvgIpc) is 3.24. The van der Waals surface area contributed by atoms with Crippen LogP contribution in [0.1, 0.15) is 58.9 Å². The van der Waals surface area contributed by atoms with E-state index in [9.17, 15) is 9.59 Å². The molecule has 0 spiro atoms. The van der Waals surface area contributed by atoms with Crippen molar-refractivity contribution in [2.45, 2.75) is 38.1 Å². The maximum absolute atomic E-state index is 13.1. The van der Waals surface area contributed by atoms with Crippen molar-refractivity contribution < 1.29 is 14.3 Å². The van der Waals surface area contributed by atoms with Gasteiger partial charge in [0.15, 0.2) is 0 Å². The number of anilines is 2. The number of carbonyl (C=O) groups is 2. The molecule has 8 nitrogen and oxygen atoms in total. The summed E-state index contributed by atoms with van der Waals surface area (Å²) in [5.74, 6) is 0.326. The molecule has 1 fully saturated rings. The number of nitrogens with one attached hydrogen (secondary N) is 2. The van der Waals surface area contributed by atoms with Crippen LogP contribution in [-0.2, 0) is 0 Å². The number of rotatable bonds is 6. The number of methoxy groups -OCH3 is 1. The monoisotopic (exact) mass is 453 g/mol. The van der Waals surface area contributed by atoms with Gasteiger partial charge in [0.2, 0.25) is 0 Å². The fourth-order valence-electron chi connectivity index (χ4n) is 3.82. The number of hydrogen-bond acceptors (Lipinski definition) is 5. The number of benzene rings is 1. The molecule has 0 unspecified atom stereocenters. The molecular weight excluding hydrogens is 430 g/mol. The van der Waals surface area contributed by atoms with E-state index in [0.29, 0.717) is 33.5 Å². The minimum absolute atomic E-state index is 0.130. The summed E-state index contributed by atoms with van der Waals surface area (Å²) in [6.45, 7) is 0. The van der Waals surface area contributed by atoms with Gasteiger partial charge in [0.1, 0.15) is 22.3 Å². The highest BCUT2D eigenvalue weighted by atomic mass is 35.5. The highest BCUT2D eigenvalue weighted by Gasteiger charge is 2.25. The zero-order chi connectivity index (χ0) is 22.5. The third-order valence-corrected chi connectivity index (χ3v) is 5.75. The largest absolute Gasteiger partial charge is 0.497 e. The van der Waals surface area contributed by atoms with Gasteiger partial charge < -0.3 is 15.4 Å². The fourth-order valence-corrected chi connectivity index (χ4v) is 3.93. The maximum Gasteiger partial charge on any atom is 0.261 e. The first-order valence-corrected chi connectivity index (χ1v) is 10.9. The minimum Gasteiger partial charge on any atom is -0.497 e. The van der Waals surface area contributed by atoms with Crippen molar-refractivity contribution in [3.05, 3.63) is 65.1 Å². The lowest BCUT2D eigenvalue weighted by Crippen LogP contribution is -2.23. The first-order valence-electron chi connectivity index (χ1n) is 10.5. The molecule has 2 heterocycles. The molecule has 166 valence electrons. The molecule has 0 aliphatic heterocycles. The van der Waals surface area contributed by atoms with Gasteiger partial charge in [0.25, 0.3) is 11.8 Å². The Bertz CT molecular complexity index is 1090. The van der Waals surface area contributed by atoms with Crippen LogP contribution in [0.5, 0.6) is 5.75 Å². The van der Waals surface area contributed by atoms with Crippen LogP contribution in [0.3, 0.4) is 0 Å². The first kappa shape index (κ1) is 21.8. The lowest BCUT2D eigenvalue weighted by Gasteiger charge is -2.24. The Hall–Kier alpha value is -3.39. The third-order valence-electron chi connectivity index (χ3n) is 5.53. The predicted molar refractivity (Wildman–Crippen MR) is 122 cm³/mol. The topological polar surface area (TPSA) is 98.1 Å². The van der Waals surface area contributed by atoms with Gasteiger partial charge in [-0.05, 0) is 49.2 Å². The molecule has 1 saturated carbocycles. The summed E-state index contributed by atoms with van der Waals surface area (Å²) in [6.07, 6.45) is 8.16. The molecule has 2 N–H and O–H groups in total. The third kappa shape index (κ3) is 4.91. The van der Waals surface area contributed by atoms with Crippen molar-refractivity contribution in [3.63, 3.8) is 0 Å². The van der Waals surface area contributed by atoms with Gasteiger partial charge in [-0.3, -0.25) is 9.59 Å². The second-order valence-corrected chi connectivity index (χ2v) is 8.04. The van der Waals surface area contributed by atoms with Crippen LogP contribution in [-0.4, -0.2) is 33.7 Å². The van der Waals surface area contributed by atoms with Crippen LogP contribution in [0.2, 0.25) is 5.15 Å². The standard InChI is InChI=1S/C23H24ClN5O3/c1-32-18-10-8-16(9-11-18)27-23(31)19-14-26-29(17-5-3-2-4-6-17)21(19)28-22(30)15-7-12-20(24)25-13-15/h7-14,17H,2-6H2,1H3,(H,27,31)(H,28,30). The Morgan fingerprint density at radius 2 is 1.75 bits per heavy atom. The van der Waals surface area contributed by atoms with Crippen molar-refractivity contribution in [1.29, 1.82) is 0 Å². The van der Waals surface area contributed by atoms with Crippen LogP contribution in [0, 0.1) is 0 Å². The summed E-state index contributed by atoms with van der Waals surface area (Å²) in [6, 6.07) is 10.3. The molecule has 1 aliphatic carbocycles. The number of hydrogen-bond donors (Lipinski definition) is 2. The number of pyridine rings is 1. The van der Waals surface area contributed by atoms with E-state index >= 15 is 0 Å². The van der Waals surface area contributed by atoms with Crippen molar-refractivity contribution in [1.82, 2.24) is 14.8 Å². The smallest absolute Gasteiger partial charge is 0.261 e. The SMILES string of the molecule is COc1ccc(NC(=O)c2cnn(C3CCCCC3)c2NC(=O)c2ccc(Cl)nc2)cc1. The van der Waals surface area contributed by atoms with Gasteiger partial charge in [0.05, 0.1) is 24.9 Å². The Morgan fingerprint density at radius 3 is 2.41 bits per heavy atom. The number of carbonyl (C=O) groups excluding carboxylic acids is 2. The molecule has 0 atom stereocenters. The Balaban J connectivity index is 1.61. The molecule has 4 rings (SSSR count). The second kappa shape index (κ2) is 9.82. The molecular formula is C23H24ClN5O3. The van der Waals surface area contributed by atoms with E-state index in [1.165, 1.54) is 18.8 Å². The zero-order valence-corrected chi connectivity index (χ0v) is 18.4. The molecule has 9 heteroatoms. The Morgan fingerprint density at radius 1 is 1.00 bits per heavy atom. The van der Waals surface area contributed by atoms with Crippen LogP contribution in [0.15, 0.2) is 48.8 Å². The summed E-state index contributed by atoms with van der Waals surface area (Å²) in [7, 11) is 1.58. The van der Waals surface area contributed by atoms with E-state index in [4.69, 9.17) is 16.3 Å². The van der Waals surface area contributed by atoms with Crippen molar-refractivity contribution in [3.8, 4) is 5.75 Å². The van der Waals surface area contributed by atoms with Gasteiger partial charge in [-0.25, -0.2) is 9.67 Å². The van der Waals surface area contributed by atoms with E-state index in [1.54, 1.807) is 48.2 Å². The predicted octanol–water partition coefficient (Wildman–Crippen LogP) is 4.95. The van der Waals surface area contributed by atoms with E-state index in [1.807, 2.05) is 0 Å². The number of ether oxygens (including phenoxy) is 1. The normalized spacial score (nSPS) is 14.1. The molecule has 32 heavy (non-hydrogen) atoms. The summed E-state index contributed by atoms with van der Waals surface area (Å²) in [5, 5.41) is 10.5. The van der Waals surface area contributed by atoms with Crippen LogP contribution in [0.4, 0.5) is 11.5 Å². The Kier molecular flexibility index (Phi) is 6.70. The zero-order valence-electron chi connectivity index (χ0n) is 17.7. The fraction of sp³-hybridized carbons (Fsp3) is 0.304. The molecule has 1 aromatic carbocycles. The Labute approximate surface area is 190 Å². The summed E-state index contributed by atoms with van der Waals surface area (Å²) >= 11 is 5.83.